The first-order valence-electron chi connectivity index (χ1n) is 19.5. The molecule has 9 fully saturated rings. The Hall–Kier alpha value is -0.770. The molecular formula is C39H62O8. The SMILES string of the molecule is C[C@@H]1CC[C@H]2[C@@H](C)C(O[C@@H]3CC[C@]4(C)C5CC[C@@]6(C)C(CC[C@@H]6[C@H](C)CCC(=O)O)C5C[C@H](O)C4C3)OC3OC4(C)CCC1[C@]32OO4. The zero-order valence-corrected chi connectivity index (χ0v) is 29.8. The first-order chi connectivity index (χ1) is 22.3. The molecule has 47 heavy (non-hydrogen) atoms. The Kier molecular flexibility index (Phi) is 8.26. The predicted molar refractivity (Wildman–Crippen MR) is 174 cm³/mol. The summed E-state index contributed by atoms with van der Waals surface area (Å²) in [7, 11) is 0. The van der Waals surface area contributed by atoms with Crippen LogP contribution in [-0.2, 0) is 28.8 Å². The summed E-state index contributed by atoms with van der Waals surface area (Å²) in [4.78, 5) is 23.7. The number of fused-ring (bicyclic) bond motifs is 7. The molecule has 9 aliphatic rings. The summed E-state index contributed by atoms with van der Waals surface area (Å²) in [5.41, 5.74) is -0.194. The zero-order valence-electron chi connectivity index (χ0n) is 29.8. The largest absolute Gasteiger partial charge is 0.481 e. The molecule has 18 atom stereocenters. The summed E-state index contributed by atoms with van der Waals surface area (Å²) < 4.78 is 20.4. The highest BCUT2D eigenvalue weighted by Crippen LogP contribution is 2.69. The van der Waals surface area contributed by atoms with Crippen LogP contribution >= 0.6 is 0 Å². The topological polar surface area (TPSA) is 104 Å². The van der Waals surface area contributed by atoms with Crippen LogP contribution in [0.25, 0.3) is 0 Å². The standard InChI is InChI=1S/C39H62O8/c1-21(8-12-33(41)42)26-10-11-29-25-20-32(40)31-19-24(13-16-37(31,5)30(25)14-17-36(26,29)4)43-34-23(3)28-9-7-22(2)27-15-18-38(6)45-35(44-34)39(27,28)47-46-38/h21-32,34-35,40H,7-20H2,1-6H3,(H,41,42)/t21-,22-,23-,24-,25?,26-,27?,28+,29?,30?,31?,32+,34?,35?,36-,37-,38?,39-/m1/s1. The second-order valence-corrected chi connectivity index (χ2v) is 18.7. The third-order valence-electron chi connectivity index (χ3n) is 16.6. The van der Waals surface area contributed by atoms with E-state index in [0.717, 1.165) is 51.4 Å². The maximum Gasteiger partial charge on any atom is 0.303 e. The van der Waals surface area contributed by atoms with E-state index < -0.39 is 23.6 Å². The van der Waals surface area contributed by atoms with Gasteiger partial charge in [0.2, 0.25) is 5.79 Å². The Morgan fingerprint density at radius 3 is 2.36 bits per heavy atom. The molecule has 4 saturated heterocycles. The molecule has 4 aliphatic heterocycles. The van der Waals surface area contributed by atoms with Crippen molar-refractivity contribution in [3.05, 3.63) is 0 Å². The number of hydrogen-bond donors (Lipinski definition) is 2. The van der Waals surface area contributed by atoms with E-state index in [9.17, 15) is 15.0 Å². The number of rotatable bonds is 6. The van der Waals surface area contributed by atoms with Gasteiger partial charge < -0.3 is 24.4 Å². The van der Waals surface area contributed by atoms with Crippen LogP contribution in [0.3, 0.4) is 0 Å². The van der Waals surface area contributed by atoms with E-state index in [4.69, 9.17) is 24.0 Å². The maximum atomic E-state index is 11.9. The number of carboxylic acids is 1. The maximum absolute atomic E-state index is 11.9. The summed E-state index contributed by atoms with van der Waals surface area (Å²) in [5, 5.41) is 21.3. The van der Waals surface area contributed by atoms with Gasteiger partial charge in [-0.3, -0.25) is 4.79 Å². The van der Waals surface area contributed by atoms with Gasteiger partial charge in [-0.2, -0.15) is 0 Å². The molecule has 8 nitrogen and oxygen atoms in total. The van der Waals surface area contributed by atoms with Crippen molar-refractivity contribution in [1.82, 2.24) is 0 Å². The zero-order chi connectivity index (χ0) is 33.1. The summed E-state index contributed by atoms with van der Waals surface area (Å²) in [5.74, 6) is 2.93. The van der Waals surface area contributed by atoms with E-state index in [0.29, 0.717) is 41.4 Å². The van der Waals surface area contributed by atoms with E-state index in [2.05, 4.69) is 34.6 Å². The molecule has 8 heteroatoms. The summed E-state index contributed by atoms with van der Waals surface area (Å²) in [6, 6.07) is 0. The van der Waals surface area contributed by atoms with Gasteiger partial charge in [-0.25, -0.2) is 9.78 Å². The lowest BCUT2D eigenvalue weighted by molar-refractivity contribution is -0.578. The van der Waals surface area contributed by atoms with Crippen molar-refractivity contribution < 1.29 is 39.0 Å². The molecule has 266 valence electrons. The van der Waals surface area contributed by atoms with E-state index >= 15 is 0 Å². The van der Waals surface area contributed by atoms with Crippen molar-refractivity contribution in [2.45, 2.75) is 168 Å². The summed E-state index contributed by atoms with van der Waals surface area (Å²) in [6.45, 7) is 13.9. The Morgan fingerprint density at radius 2 is 1.57 bits per heavy atom. The molecule has 0 aromatic heterocycles. The van der Waals surface area contributed by atoms with Crippen molar-refractivity contribution in [1.29, 1.82) is 0 Å². The lowest BCUT2D eigenvalue weighted by Gasteiger charge is -2.63. The predicted octanol–water partition coefficient (Wildman–Crippen LogP) is 7.71. The van der Waals surface area contributed by atoms with E-state index in [-0.39, 0.29) is 53.5 Å². The normalized spacial score (nSPS) is 57.2. The second-order valence-electron chi connectivity index (χ2n) is 18.7. The number of aliphatic hydroxyl groups is 1. The third-order valence-corrected chi connectivity index (χ3v) is 16.6. The molecule has 2 bridgehead atoms. The minimum absolute atomic E-state index is 0.0645. The first kappa shape index (κ1) is 33.4. The molecular weight excluding hydrogens is 596 g/mol. The number of aliphatic carboxylic acids is 1. The molecule has 5 saturated carbocycles. The molecule has 0 amide bonds. The highest BCUT2D eigenvalue weighted by Gasteiger charge is 2.70. The van der Waals surface area contributed by atoms with Gasteiger partial charge in [0, 0.05) is 24.7 Å². The highest BCUT2D eigenvalue weighted by molar-refractivity contribution is 5.66. The van der Waals surface area contributed by atoms with Gasteiger partial charge in [0.05, 0.1) is 12.2 Å². The Labute approximate surface area is 282 Å². The number of hydrogen-bond acceptors (Lipinski definition) is 7. The van der Waals surface area contributed by atoms with Crippen LogP contribution in [0.5, 0.6) is 0 Å². The Morgan fingerprint density at radius 1 is 0.851 bits per heavy atom. The Balaban J connectivity index is 0.962. The van der Waals surface area contributed by atoms with Crippen LogP contribution < -0.4 is 0 Å². The van der Waals surface area contributed by atoms with Gasteiger partial charge in [-0.05, 0) is 142 Å². The average Bonchev–Trinajstić information content (AvgIpc) is 3.22. The molecule has 1 spiro atoms. The van der Waals surface area contributed by atoms with Crippen molar-refractivity contribution in [2.75, 3.05) is 0 Å². The highest BCUT2D eigenvalue weighted by atomic mass is 17.3. The van der Waals surface area contributed by atoms with Gasteiger partial charge in [-0.15, -0.1) is 0 Å². The lowest BCUT2D eigenvalue weighted by atomic mass is 9.43. The quantitative estimate of drug-likeness (QED) is 0.221. The van der Waals surface area contributed by atoms with Crippen molar-refractivity contribution in [3.8, 4) is 0 Å². The van der Waals surface area contributed by atoms with Gasteiger partial charge in [0.15, 0.2) is 18.2 Å². The van der Waals surface area contributed by atoms with E-state index in [1.54, 1.807) is 0 Å². The fraction of sp³-hybridized carbons (Fsp3) is 0.974. The van der Waals surface area contributed by atoms with Crippen LogP contribution in [0, 0.1) is 70.0 Å². The first-order valence-corrected chi connectivity index (χ1v) is 19.5. The average molecular weight is 659 g/mol. The van der Waals surface area contributed by atoms with Crippen molar-refractivity contribution >= 4 is 5.97 Å². The van der Waals surface area contributed by atoms with Crippen molar-refractivity contribution in [3.63, 3.8) is 0 Å². The number of carbonyl (C=O) groups is 1. The molecule has 0 aromatic rings. The summed E-state index contributed by atoms with van der Waals surface area (Å²) in [6.07, 6.45) is 12.8. The van der Waals surface area contributed by atoms with Crippen LogP contribution in [-0.4, -0.2) is 52.4 Å². The van der Waals surface area contributed by atoms with Gasteiger partial charge in [0.1, 0.15) is 0 Å². The second kappa shape index (κ2) is 11.6. The molecule has 5 aliphatic carbocycles. The molecule has 2 N–H and O–H groups in total. The van der Waals surface area contributed by atoms with Gasteiger partial charge in [0.25, 0.3) is 0 Å². The van der Waals surface area contributed by atoms with Crippen LogP contribution in [0.4, 0.5) is 0 Å². The smallest absolute Gasteiger partial charge is 0.303 e. The van der Waals surface area contributed by atoms with Crippen LogP contribution in [0.15, 0.2) is 0 Å². The fourth-order valence-electron chi connectivity index (χ4n) is 14.1. The van der Waals surface area contributed by atoms with Gasteiger partial charge in [-0.1, -0.05) is 34.6 Å². The number of carboxylic acid groups (broad SMARTS) is 1. The summed E-state index contributed by atoms with van der Waals surface area (Å²) >= 11 is 0. The lowest BCUT2D eigenvalue weighted by Crippen LogP contribution is -2.70. The molecule has 0 radical (unpaired) electrons. The molecule has 4 heterocycles. The van der Waals surface area contributed by atoms with E-state index in [1.807, 2.05) is 6.92 Å². The molecule has 9 rings (SSSR count). The monoisotopic (exact) mass is 658 g/mol. The number of ether oxygens (including phenoxy) is 3. The minimum atomic E-state index is -0.788. The Bertz CT molecular complexity index is 1210. The van der Waals surface area contributed by atoms with Gasteiger partial charge >= 0.3 is 5.97 Å². The van der Waals surface area contributed by atoms with E-state index in [1.165, 1.54) is 32.1 Å². The van der Waals surface area contributed by atoms with Crippen molar-refractivity contribution in [2.24, 2.45) is 70.0 Å². The number of aliphatic hydroxyl groups excluding tert-OH is 1. The molecule has 0 aromatic carbocycles. The molecule has 8 unspecified atom stereocenters. The van der Waals surface area contributed by atoms with Crippen LogP contribution in [0.1, 0.15) is 131 Å². The third kappa shape index (κ3) is 4.98. The minimum Gasteiger partial charge on any atom is -0.481 e. The fourth-order valence-corrected chi connectivity index (χ4v) is 14.1. The van der Waals surface area contributed by atoms with Crippen LogP contribution in [0.2, 0.25) is 0 Å².